The summed E-state index contributed by atoms with van der Waals surface area (Å²) in [6.45, 7) is 1.61. The van der Waals surface area contributed by atoms with Crippen molar-refractivity contribution in [3.8, 4) is 0 Å². The molecule has 2 N–H and O–H groups in total. The minimum atomic E-state index is -1.28. The molecule has 7 heteroatoms. The minimum Gasteiger partial charge on any atom is -0.385 e. The molecule has 1 aliphatic rings. The number of rotatable bonds is 3. The van der Waals surface area contributed by atoms with Crippen molar-refractivity contribution >= 4 is 22.8 Å². The Kier molecular flexibility index (Phi) is 3.45. The van der Waals surface area contributed by atoms with Crippen LogP contribution in [0.3, 0.4) is 0 Å². The van der Waals surface area contributed by atoms with Gasteiger partial charge < -0.3 is 19.5 Å². The number of fused-ring (bicyclic) bond motifs is 1. The maximum absolute atomic E-state index is 10.5. The third-order valence-corrected chi connectivity index (χ3v) is 4.43. The van der Waals surface area contributed by atoms with Crippen LogP contribution in [0.1, 0.15) is 13.2 Å². The van der Waals surface area contributed by atoms with E-state index in [-0.39, 0.29) is 0 Å². The predicted molar refractivity (Wildman–Crippen MR) is 76.5 cm³/mol. The number of ether oxygens (including phenoxy) is 1. The van der Waals surface area contributed by atoms with Crippen molar-refractivity contribution in [3.05, 3.63) is 24.8 Å². The van der Waals surface area contributed by atoms with Crippen molar-refractivity contribution in [1.82, 2.24) is 14.5 Å². The molecule has 1 saturated heterocycles. The SMILES string of the molecule is CSC[C@H]1O[C@@H](n2ccc3cncnc32)[C@H](O)[C@]1(C)O. The smallest absolute Gasteiger partial charge is 0.164 e. The Hall–Kier alpha value is -1.15. The molecule has 0 spiro atoms. The van der Waals surface area contributed by atoms with Crippen LogP contribution in [0.4, 0.5) is 0 Å². The van der Waals surface area contributed by atoms with E-state index in [1.54, 1.807) is 35.6 Å². The van der Waals surface area contributed by atoms with Crippen molar-refractivity contribution in [3.63, 3.8) is 0 Å². The average molecular weight is 295 g/mol. The van der Waals surface area contributed by atoms with Gasteiger partial charge in [0.25, 0.3) is 0 Å². The zero-order valence-electron chi connectivity index (χ0n) is 11.3. The molecule has 1 aliphatic heterocycles. The van der Waals surface area contributed by atoms with Gasteiger partial charge in [0.1, 0.15) is 29.8 Å². The maximum Gasteiger partial charge on any atom is 0.164 e. The molecule has 2 aromatic rings. The van der Waals surface area contributed by atoms with Gasteiger partial charge in [-0.2, -0.15) is 11.8 Å². The molecule has 0 saturated carbocycles. The third kappa shape index (κ3) is 2.01. The van der Waals surface area contributed by atoms with E-state index in [2.05, 4.69) is 9.97 Å². The van der Waals surface area contributed by atoms with Gasteiger partial charge in [-0.25, -0.2) is 9.97 Å². The molecule has 4 atom stereocenters. The Morgan fingerprint density at radius 2 is 2.35 bits per heavy atom. The zero-order valence-corrected chi connectivity index (χ0v) is 12.1. The van der Waals surface area contributed by atoms with Crippen LogP contribution in [0.2, 0.25) is 0 Å². The molecule has 0 unspecified atom stereocenters. The summed E-state index contributed by atoms with van der Waals surface area (Å²) in [7, 11) is 0. The highest BCUT2D eigenvalue weighted by Gasteiger charge is 2.52. The van der Waals surface area contributed by atoms with E-state index < -0.39 is 24.0 Å². The van der Waals surface area contributed by atoms with E-state index in [9.17, 15) is 10.2 Å². The number of hydrogen-bond acceptors (Lipinski definition) is 6. The van der Waals surface area contributed by atoms with Crippen LogP contribution in [0, 0.1) is 0 Å². The van der Waals surface area contributed by atoms with E-state index in [1.165, 1.54) is 6.33 Å². The standard InChI is InChI=1S/C13H17N3O3S/c1-13(18)9(6-20-2)19-12(10(13)17)16-4-3-8-5-14-7-15-11(8)16/h3-5,7,9-10,12,17-18H,6H2,1-2H3/t9-,10+,12-,13-/m1/s1. The summed E-state index contributed by atoms with van der Waals surface area (Å²) < 4.78 is 7.61. The molecule has 108 valence electrons. The lowest BCUT2D eigenvalue weighted by Gasteiger charge is -2.25. The van der Waals surface area contributed by atoms with Crippen LogP contribution in [0.25, 0.3) is 11.0 Å². The molecule has 6 nitrogen and oxygen atoms in total. The second-order valence-electron chi connectivity index (χ2n) is 5.17. The van der Waals surface area contributed by atoms with Crippen molar-refractivity contribution in [2.75, 3.05) is 12.0 Å². The van der Waals surface area contributed by atoms with Gasteiger partial charge in [0, 0.05) is 23.5 Å². The molecule has 3 rings (SSSR count). The highest BCUT2D eigenvalue weighted by molar-refractivity contribution is 7.98. The zero-order chi connectivity index (χ0) is 14.3. The van der Waals surface area contributed by atoms with E-state index in [0.29, 0.717) is 11.4 Å². The van der Waals surface area contributed by atoms with Crippen LogP contribution in [-0.4, -0.2) is 54.6 Å². The first-order chi connectivity index (χ1) is 9.55. The number of aromatic nitrogens is 3. The fourth-order valence-electron chi connectivity index (χ4n) is 2.54. The van der Waals surface area contributed by atoms with Crippen LogP contribution in [0.15, 0.2) is 24.8 Å². The molecule has 3 heterocycles. The third-order valence-electron chi connectivity index (χ3n) is 3.79. The van der Waals surface area contributed by atoms with Gasteiger partial charge in [0.05, 0.1) is 0 Å². The lowest BCUT2D eigenvalue weighted by atomic mass is 9.95. The molecule has 0 aromatic carbocycles. The summed E-state index contributed by atoms with van der Waals surface area (Å²) in [5, 5.41) is 21.7. The van der Waals surface area contributed by atoms with Crippen molar-refractivity contribution in [2.45, 2.75) is 31.0 Å². The number of aliphatic hydroxyl groups is 2. The highest BCUT2D eigenvalue weighted by Crippen LogP contribution is 2.39. The van der Waals surface area contributed by atoms with Gasteiger partial charge in [-0.1, -0.05) is 0 Å². The van der Waals surface area contributed by atoms with Gasteiger partial charge in [0.2, 0.25) is 0 Å². The quantitative estimate of drug-likeness (QED) is 0.872. The lowest BCUT2D eigenvalue weighted by Crippen LogP contribution is -2.45. The van der Waals surface area contributed by atoms with Crippen LogP contribution < -0.4 is 0 Å². The Morgan fingerprint density at radius 1 is 1.55 bits per heavy atom. The molecule has 1 fully saturated rings. The van der Waals surface area contributed by atoms with E-state index >= 15 is 0 Å². The molecule has 2 aromatic heterocycles. The molecule has 0 aliphatic carbocycles. The van der Waals surface area contributed by atoms with Crippen LogP contribution in [0.5, 0.6) is 0 Å². The van der Waals surface area contributed by atoms with E-state index in [4.69, 9.17) is 4.74 Å². The van der Waals surface area contributed by atoms with Gasteiger partial charge >= 0.3 is 0 Å². The first-order valence-electron chi connectivity index (χ1n) is 6.37. The maximum atomic E-state index is 10.5. The largest absolute Gasteiger partial charge is 0.385 e. The van der Waals surface area contributed by atoms with E-state index in [1.807, 2.05) is 12.3 Å². The number of thioether (sulfide) groups is 1. The average Bonchev–Trinajstić information content (AvgIpc) is 2.94. The van der Waals surface area contributed by atoms with Crippen molar-refractivity contribution < 1.29 is 14.9 Å². The monoisotopic (exact) mass is 295 g/mol. The van der Waals surface area contributed by atoms with Gasteiger partial charge in [-0.05, 0) is 19.2 Å². The molecule has 0 bridgehead atoms. The normalized spacial score (nSPS) is 33.9. The van der Waals surface area contributed by atoms with Gasteiger partial charge in [-0.15, -0.1) is 0 Å². The summed E-state index contributed by atoms with van der Waals surface area (Å²) in [5.74, 6) is 0.620. The van der Waals surface area contributed by atoms with Gasteiger partial charge in [0.15, 0.2) is 6.23 Å². The van der Waals surface area contributed by atoms with Crippen molar-refractivity contribution in [1.29, 1.82) is 0 Å². The Morgan fingerprint density at radius 3 is 3.10 bits per heavy atom. The summed E-state index contributed by atoms with van der Waals surface area (Å²) in [4.78, 5) is 8.18. The number of nitrogens with zero attached hydrogens (tertiary/aromatic N) is 3. The molecule has 0 radical (unpaired) electrons. The summed E-state index contributed by atoms with van der Waals surface area (Å²) in [6.07, 6.45) is 4.83. The second kappa shape index (κ2) is 5.00. The summed E-state index contributed by atoms with van der Waals surface area (Å²) >= 11 is 1.58. The predicted octanol–water partition coefficient (Wildman–Crippen LogP) is 0.804. The fraction of sp³-hybridized carbons (Fsp3) is 0.538. The Labute approximate surface area is 120 Å². The number of hydrogen-bond donors (Lipinski definition) is 2. The lowest BCUT2D eigenvalue weighted by molar-refractivity contribution is -0.0569. The number of aliphatic hydroxyl groups excluding tert-OH is 1. The molecular formula is C13H17N3O3S. The first kappa shape index (κ1) is 13.8. The Bertz CT molecular complexity index is 616. The topological polar surface area (TPSA) is 80.4 Å². The molecule has 0 amide bonds. The fourth-order valence-corrected chi connectivity index (χ4v) is 3.26. The van der Waals surface area contributed by atoms with Crippen molar-refractivity contribution in [2.24, 2.45) is 0 Å². The van der Waals surface area contributed by atoms with E-state index in [0.717, 1.165) is 5.39 Å². The Balaban J connectivity index is 1.98. The van der Waals surface area contributed by atoms with Gasteiger partial charge in [-0.3, -0.25) is 0 Å². The van der Waals surface area contributed by atoms with Crippen LogP contribution in [-0.2, 0) is 4.74 Å². The molecule has 20 heavy (non-hydrogen) atoms. The first-order valence-corrected chi connectivity index (χ1v) is 7.76. The second-order valence-corrected chi connectivity index (χ2v) is 6.08. The summed E-state index contributed by atoms with van der Waals surface area (Å²) in [5.41, 5.74) is -0.596. The molecular weight excluding hydrogens is 278 g/mol. The highest BCUT2D eigenvalue weighted by atomic mass is 32.2. The van der Waals surface area contributed by atoms with Crippen LogP contribution >= 0.6 is 11.8 Å². The minimum absolute atomic E-state index is 0.420. The summed E-state index contributed by atoms with van der Waals surface area (Å²) in [6, 6.07) is 1.86.